The third-order valence-electron chi connectivity index (χ3n) is 2.76. The Bertz CT molecular complexity index is 279. The zero-order chi connectivity index (χ0) is 14.8. The summed E-state index contributed by atoms with van der Waals surface area (Å²) in [5.74, 6) is 0. The molecular formula is C14H28O5. The van der Waals surface area contributed by atoms with Crippen LogP contribution in [-0.4, -0.2) is 47.2 Å². The first-order valence-electron chi connectivity index (χ1n) is 6.79. The molecule has 1 aliphatic heterocycles. The van der Waals surface area contributed by atoms with Crippen molar-refractivity contribution < 1.29 is 24.4 Å². The molecule has 4 unspecified atom stereocenters. The van der Waals surface area contributed by atoms with Gasteiger partial charge in [-0.2, -0.15) is 0 Å². The van der Waals surface area contributed by atoms with Crippen molar-refractivity contribution in [3.8, 4) is 0 Å². The number of hydrogen-bond donors (Lipinski definition) is 2. The molecular weight excluding hydrogens is 248 g/mol. The Morgan fingerprint density at radius 3 is 1.89 bits per heavy atom. The zero-order valence-electron chi connectivity index (χ0n) is 12.8. The fourth-order valence-corrected chi connectivity index (χ4v) is 1.88. The standard InChI is InChI=1S/C14H28O5/c1-13(2,3)7-9-11(15)19-12(16)10(18-9)8-17-14(4,5)6/h9-12,15-16H,7-8H2,1-6H3. The molecule has 2 N–H and O–H groups in total. The van der Waals surface area contributed by atoms with Crippen LogP contribution in [0, 0.1) is 5.41 Å². The first-order chi connectivity index (χ1) is 8.48. The van der Waals surface area contributed by atoms with E-state index in [1.807, 2.05) is 20.8 Å². The molecule has 0 bridgehead atoms. The molecule has 1 fully saturated rings. The molecule has 114 valence electrons. The molecule has 0 aromatic carbocycles. The molecule has 0 saturated carbocycles. The first-order valence-corrected chi connectivity index (χ1v) is 6.79. The molecule has 4 atom stereocenters. The third kappa shape index (κ3) is 6.19. The first kappa shape index (κ1) is 16.9. The van der Waals surface area contributed by atoms with E-state index in [1.165, 1.54) is 0 Å². The van der Waals surface area contributed by atoms with Gasteiger partial charge in [0.1, 0.15) is 12.2 Å². The average Bonchev–Trinajstić information content (AvgIpc) is 2.17. The number of aliphatic hydroxyl groups excluding tert-OH is 2. The lowest BCUT2D eigenvalue weighted by Crippen LogP contribution is -2.52. The van der Waals surface area contributed by atoms with Gasteiger partial charge in [0, 0.05) is 0 Å². The highest BCUT2D eigenvalue weighted by atomic mass is 16.7. The maximum Gasteiger partial charge on any atom is 0.186 e. The van der Waals surface area contributed by atoms with E-state index in [4.69, 9.17) is 14.2 Å². The van der Waals surface area contributed by atoms with Gasteiger partial charge in [-0.25, -0.2) is 0 Å². The van der Waals surface area contributed by atoms with Crippen molar-refractivity contribution in [3.63, 3.8) is 0 Å². The van der Waals surface area contributed by atoms with Crippen LogP contribution in [0.1, 0.15) is 48.0 Å². The van der Waals surface area contributed by atoms with Crippen LogP contribution in [0.5, 0.6) is 0 Å². The second-order valence-corrected chi connectivity index (χ2v) is 7.32. The Hall–Kier alpha value is -0.200. The van der Waals surface area contributed by atoms with Gasteiger partial charge < -0.3 is 24.4 Å². The minimum Gasteiger partial charge on any atom is -0.373 e. The molecule has 0 spiro atoms. The van der Waals surface area contributed by atoms with Crippen molar-refractivity contribution >= 4 is 0 Å². The fourth-order valence-electron chi connectivity index (χ4n) is 1.88. The van der Waals surface area contributed by atoms with Gasteiger partial charge >= 0.3 is 0 Å². The zero-order valence-corrected chi connectivity index (χ0v) is 12.8. The van der Waals surface area contributed by atoms with E-state index in [0.717, 1.165) is 0 Å². The quantitative estimate of drug-likeness (QED) is 0.820. The average molecular weight is 276 g/mol. The van der Waals surface area contributed by atoms with E-state index in [1.54, 1.807) is 0 Å². The highest BCUT2D eigenvalue weighted by Gasteiger charge is 2.39. The molecule has 1 heterocycles. The summed E-state index contributed by atoms with van der Waals surface area (Å²) in [6, 6.07) is 0. The monoisotopic (exact) mass is 276 g/mol. The summed E-state index contributed by atoms with van der Waals surface area (Å²) in [5, 5.41) is 19.6. The molecule has 0 aromatic heterocycles. The molecule has 1 saturated heterocycles. The predicted molar refractivity (Wildman–Crippen MR) is 71.5 cm³/mol. The molecule has 0 amide bonds. The van der Waals surface area contributed by atoms with Crippen molar-refractivity contribution in [1.29, 1.82) is 0 Å². The predicted octanol–water partition coefficient (Wildman–Crippen LogP) is 1.66. The Morgan fingerprint density at radius 1 is 0.895 bits per heavy atom. The fraction of sp³-hybridized carbons (Fsp3) is 1.00. The van der Waals surface area contributed by atoms with Crippen LogP contribution >= 0.6 is 0 Å². The molecule has 0 aliphatic carbocycles. The van der Waals surface area contributed by atoms with Gasteiger partial charge in [-0.05, 0) is 32.6 Å². The Balaban J connectivity index is 2.58. The lowest BCUT2D eigenvalue weighted by Gasteiger charge is -2.40. The highest BCUT2D eigenvalue weighted by Crippen LogP contribution is 2.29. The third-order valence-corrected chi connectivity index (χ3v) is 2.76. The topological polar surface area (TPSA) is 68.2 Å². The lowest BCUT2D eigenvalue weighted by molar-refractivity contribution is -0.345. The van der Waals surface area contributed by atoms with E-state index >= 15 is 0 Å². The van der Waals surface area contributed by atoms with E-state index in [9.17, 15) is 10.2 Å². The van der Waals surface area contributed by atoms with Crippen molar-refractivity contribution in [2.45, 2.75) is 78.4 Å². The largest absolute Gasteiger partial charge is 0.373 e. The van der Waals surface area contributed by atoms with Gasteiger partial charge in [0.15, 0.2) is 12.6 Å². The molecule has 1 aliphatic rings. The van der Waals surface area contributed by atoms with Crippen LogP contribution in [0.2, 0.25) is 0 Å². The second-order valence-electron chi connectivity index (χ2n) is 7.32. The Morgan fingerprint density at radius 2 is 1.42 bits per heavy atom. The van der Waals surface area contributed by atoms with Crippen LogP contribution in [0.4, 0.5) is 0 Å². The molecule has 0 aromatic rings. The van der Waals surface area contributed by atoms with Crippen molar-refractivity contribution in [2.24, 2.45) is 5.41 Å². The van der Waals surface area contributed by atoms with E-state index < -0.39 is 24.8 Å². The number of rotatable bonds is 3. The molecule has 0 radical (unpaired) electrons. The summed E-state index contributed by atoms with van der Waals surface area (Å²) in [4.78, 5) is 0. The van der Waals surface area contributed by atoms with E-state index in [2.05, 4.69) is 20.8 Å². The summed E-state index contributed by atoms with van der Waals surface area (Å²) in [6.45, 7) is 12.2. The molecule has 19 heavy (non-hydrogen) atoms. The van der Waals surface area contributed by atoms with Gasteiger partial charge in [-0.3, -0.25) is 0 Å². The van der Waals surface area contributed by atoms with Crippen molar-refractivity contribution in [1.82, 2.24) is 0 Å². The van der Waals surface area contributed by atoms with Crippen molar-refractivity contribution in [3.05, 3.63) is 0 Å². The minimum atomic E-state index is -1.16. The summed E-state index contributed by atoms with van der Waals surface area (Å²) in [6.07, 6.45) is -2.63. The normalized spacial score (nSPS) is 33.5. The smallest absolute Gasteiger partial charge is 0.186 e. The van der Waals surface area contributed by atoms with Crippen LogP contribution in [-0.2, 0) is 14.2 Å². The van der Waals surface area contributed by atoms with Gasteiger partial charge in [0.2, 0.25) is 0 Å². The highest BCUT2D eigenvalue weighted by molar-refractivity contribution is 4.79. The van der Waals surface area contributed by atoms with Crippen LogP contribution in [0.3, 0.4) is 0 Å². The maximum atomic E-state index is 9.80. The van der Waals surface area contributed by atoms with Crippen molar-refractivity contribution in [2.75, 3.05) is 6.61 Å². The molecule has 1 rings (SSSR count). The number of ether oxygens (including phenoxy) is 3. The summed E-state index contributed by atoms with van der Waals surface area (Å²) in [7, 11) is 0. The number of hydrogen-bond acceptors (Lipinski definition) is 5. The van der Waals surface area contributed by atoms with Crippen LogP contribution in [0.15, 0.2) is 0 Å². The molecule has 5 nitrogen and oxygen atoms in total. The minimum absolute atomic E-state index is 0.00668. The lowest BCUT2D eigenvalue weighted by atomic mass is 9.88. The van der Waals surface area contributed by atoms with Gasteiger partial charge in [0.25, 0.3) is 0 Å². The second kappa shape index (κ2) is 6.06. The van der Waals surface area contributed by atoms with E-state index in [0.29, 0.717) is 6.42 Å². The van der Waals surface area contributed by atoms with Gasteiger partial charge in [-0.15, -0.1) is 0 Å². The Labute approximate surface area is 115 Å². The maximum absolute atomic E-state index is 9.80. The SMILES string of the molecule is CC(C)(C)CC1OC(COC(C)(C)C)C(O)OC1O. The summed E-state index contributed by atoms with van der Waals surface area (Å²) < 4.78 is 16.5. The molecule has 5 heteroatoms. The van der Waals surface area contributed by atoms with Gasteiger partial charge in [-0.1, -0.05) is 20.8 Å². The Kier molecular flexibility index (Phi) is 5.37. The van der Waals surface area contributed by atoms with Gasteiger partial charge in [0.05, 0.1) is 12.2 Å². The number of aliphatic hydroxyl groups is 2. The van der Waals surface area contributed by atoms with Crippen LogP contribution < -0.4 is 0 Å². The summed E-state index contributed by atoms with van der Waals surface area (Å²) in [5.41, 5.74) is -0.300. The summed E-state index contributed by atoms with van der Waals surface area (Å²) >= 11 is 0. The van der Waals surface area contributed by atoms with E-state index in [-0.39, 0.29) is 17.6 Å². The van der Waals surface area contributed by atoms with Crippen LogP contribution in [0.25, 0.3) is 0 Å².